The standard InChI is InChI=1S/C10H9NO3/c1-14-10(13)9-5-4-8(7-11-9)3-2-6-12/h2-7H,1H3. The number of ether oxygens (including phenoxy) is 1. The van der Waals surface area contributed by atoms with Gasteiger partial charge in [0.2, 0.25) is 0 Å². The van der Waals surface area contributed by atoms with E-state index in [0.717, 1.165) is 5.56 Å². The van der Waals surface area contributed by atoms with E-state index in [9.17, 15) is 9.59 Å². The molecule has 4 nitrogen and oxygen atoms in total. The fraction of sp³-hybridized carbons (Fsp3) is 0.100. The first kappa shape index (κ1) is 10.1. The van der Waals surface area contributed by atoms with Gasteiger partial charge in [-0.05, 0) is 17.7 Å². The number of methoxy groups -OCH3 is 1. The number of aromatic nitrogens is 1. The lowest BCUT2D eigenvalue weighted by atomic mass is 10.2. The molecule has 0 atom stereocenters. The predicted octanol–water partition coefficient (Wildman–Crippen LogP) is 1.08. The summed E-state index contributed by atoms with van der Waals surface area (Å²) in [5.74, 6) is -0.476. The van der Waals surface area contributed by atoms with E-state index in [-0.39, 0.29) is 5.69 Å². The average molecular weight is 191 g/mol. The van der Waals surface area contributed by atoms with Crippen molar-refractivity contribution in [2.45, 2.75) is 0 Å². The summed E-state index contributed by atoms with van der Waals surface area (Å²) in [4.78, 5) is 24.9. The molecule has 0 aliphatic rings. The molecular formula is C10H9NO3. The van der Waals surface area contributed by atoms with Crippen LogP contribution in [0.4, 0.5) is 0 Å². The molecule has 4 heteroatoms. The molecule has 0 bridgehead atoms. The largest absolute Gasteiger partial charge is 0.464 e. The van der Waals surface area contributed by atoms with Gasteiger partial charge in [-0.1, -0.05) is 12.1 Å². The molecule has 1 aromatic heterocycles. The molecule has 0 N–H and O–H groups in total. The van der Waals surface area contributed by atoms with Crippen molar-refractivity contribution in [2.75, 3.05) is 7.11 Å². The van der Waals surface area contributed by atoms with Crippen LogP contribution in [-0.4, -0.2) is 24.3 Å². The third-order valence-electron chi connectivity index (χ3n) is 1.55. The Labute approximate surface area is 81.2 Å². The molecule has 0 unspecified atom stereocenters. The monoisotopic (exact) mass is 191 g/mol. The highest BCUT2D eigenvalue weighted by molar-refractivity contribution is 5.87. The van der Waals surface area contributed by atoms with Gasteiger partial charge < -0.3 is 4.74 Å². The van der Waals surface area contributed by atoms with Crippen molar-refractivity contribution < 1.29 is 14.3 Å². The minimum absolute atomic E-state index is 0.246. The molecule has 14 heavy (non-hydrogen) atoms. The zero-order valence-electron chi connectivity index (χ0n) is 7.64. The lowest BCUT2D eigenvalue weighted by molar-refractivity contribution is -0.104. The van der Waals surface area contributed by atoms with E-state index >= 15 is 0 Å². The number of carbonyl (C=O) groups excluding carboxylic acids is 2. The molecule has 0 radical (unpaired) electrons. The molecule has 0 aliphatic heterocycles. The zero-order chi connectivity index (χ0) is 10.4. The molecule has 0 amide bonds. The van der Waals surface area contributed by atoms with Crippen LogP contribution in [0.15, 0.2) is 24.4 Å². The van der Waals surface area contributed by atoms with Gasteiger partial charge in [-0.2, -0.15) is 0 Å². The van der Waals surface area contributed by atoms with Crippen LogP contribution < -0.4 is 0 Å². The van der Waals surface area contributed by atoms with Gasteiger partial charge in [-0.3, -0.25) is 4.79 Å². The Morgan fingerprint density at radius 1 is 1.50 bits per heavy atom. The Hall–Kier alpha value is -1.97. The summed E-state index contributed by atoms with van der Waals surface area (Å²) >= 11 is 0. The van der Waals surface area contributed by atoms with Crippen molar-refractivity contribution in [1.82, 2.24) is 4.98 Å². The highest BCUT2D eigenvalue weighted by Crippen LogP contribution is 2.03. The first-order chi connectivity index (χ1) is 6.77. The maximum atomic E-state index is 11.0. The first-order valence-electron chi connectivity index (χ1n) is 3.94. The van der Waals surface area contributed by atoms with Crippen LogP contribution in [0.5, 0.6) is 0 Å². The number of hydrogen-bond acceptors (Lipinski definition) is 4. The lowest BCUT2D eigenvalue weighted by Crippen LogP contribution is -2.03. The molecule has 0 spiro atoms. The molecule has 1 aromatic rings. The maximum absolute atomic E-state index is 11.0. The number of aldehydes is 1. The van der Waals surface area contributed by atoms with Gasteiger partial charge in [0.1, 0.15) is 12.0 Å². The summed E-state index contributed by atoms with van der Waals surface area (Å²) in [5, 5.41) is 0. The summed E-state index contributed by atoms with van der Waals surface area (Å²) in [6.07, 6.45) is 5.12. The minimum Gasteiger partial charge on any atom is -0.464 e. The van der Waals surface area contributed by atoms with Gasteiger partial charge in [0, 0.05) is 6.20 Å². The van der Waals surface area contributed by atoms with Gasteiger partial charge >= 0.3 is 5.97 Å². The van der Waals surface area contributed by atoms with E-state index in [0.29, 0.717) is 6.29 Å². The van der Waals surface area contributed by atoms with Crippen molar-refractivity contribution in [3.63, 3.8) is 0 Å². The Bertz CT molecular complexity index is 354. The summed E-state index contributed by atoms with van der Waals surface area (Å²) in [6, 6.07) is 3.22. The second-order valence-electron chi connectivity index (χ2n) is 2.46. The highest BCUT2D eigenvalue weighted by Gasteiger charge is 2.04. The topological polar surface area (TPSA) is 56.3 Å². The number of esters is 1. The van der Waals surface area contributed by atoms with E-state index in [2.05, 4.69) is 9.72 Å². The summed E-state index contributed by atoms with van der Waals surface area (Å²) in [7, 11) is 1.30. The van der Waals surface area contributed by atoms with Crippen LogP contribution in [0.25, 0.3) is 6.08 Å². The maximum Gasteiger partial charge on any atom is 0.356 e. The zero-order valence-corrected chi connectivity index (χ0v) is 7.64. The van der Waals surface area contributed by atoms with Crippen LogP contribution in [0.2, 0.25) is 0 Å². The number of nitrogens with zero attached hydrogens (tertiary/aromatic N) is 1. The second-order valence-corrected chi connectivity index (χ2v) is 2.46. The van der Waals surface area contributed by atoms with Crippen molar-refractivity contribution >= 4 is 18.3 Å². The predicted molar refractivity (Wildman–Crippen MR) is 50.7 cm³/mol. The number of allylic oxidation sites excluding steroid dienone is 1. The Morgan fingerprint density at radius 3 is 2.79 bits per heavy atom. The third kappa shape index (κ3) is 2.52. The van der Waals surface area contributed by atoms with E-state index in [1.807, 2.05) is 0 Å². The second kappa shape index (κ2) is 4.91. The molecular weight excluding hydrogens is 182 g/mol. The van der Waals surface area contributed by atoms with Crippen molar-refractivity contribution in [3.05, 3.63) is 35.7 Å². The van der Waals surface area contributed by atoms with Gasteiger partial charge in [0.05, 0.1) is 7.11 Å². The summed E-state index contributed by atoms with van der Waals surface area (Å²) in [5.41, 5.74) is 1.00. The Balaban J connectivity index is 2.83. The molecule has 0 fully saturated rings. The van der Waals surface area contributed by atoms with Crippen molar-refractivity contribution in [3.8, 4) is 0 Å². The Kier molecular flexibility index (Phi) is 3.55. The van der Waals surface area contributed by atoms with Crippen LogP contribution in [0.3, 0.4) is 0 Å². The fourth-order valence-electron chi connectivity index (χ4n) is 0.880. The van der Waals surface area contributed by atoms with E-state index < -0.39 is 5.97 Å². The van der Waals surface area contributed by atoms with E-state index in [1.54, 1.807) is 12.1 Å². The fourth-order valence-corrected chi connectivity index (χ4v) is 0.880. The third-order valence-corrected chi connectivity index (χ3v) is 1.55. The molecule has 0 aromatic carbocycles. The van der Waals surface area contributed by atoms with Crippen LogP contribution in [0, 0.1) is 0 Å². The molecule has 0 aliphatic carbocycles. The number of rotatable bonds is 3. The number of hydrogen-bond donors (Lipinski definition) is 0. The molecule has 1 heterocycles. The van der Waals surface area contributed by atoms with E-state index in [1.165, 1.54) is 25.4 Å². The van der Waals surface area contributed by atoms with Crippen LogP contribution >= 0.6 is 0 Å². The average Bonchev–Trinajstić information content (AvgIpc) is 2.26. The smallest absolute Gasteiger partial charge is 0.356 e. The quantitative estimate of drug-likeness (QED) is 0.407. The number of carbonyl (C=O) groups is 2. The van der Waals surface area contributed by atoms with Crippen molar-refractivity contribution in [1.29, 1.82) is 0 Å². The van der Waals surface area contributed by atoms with Gasteiger partial charge in [0.15, 0.2) is 0 Å². The molecule has 72 valence electrons. The highest BCUT2D eigenvalue weighted by atomic mass is 16.5. The molecule has 1 rings (SSSR count). The van der Waals surface area contributed by atoms with Gasteiger partial charge in [-0.25, -0.2) is 9.78 Å². The number of pyridine rings is 1. The summed E-state index contributed by atoms with van der Waals surface area (Å²) in [6.45, 7) is 0. The first-order valence-corrected chi connectivity index (χ1v) is 3.94. The van der Waals surface area contributed by atoms with Crippen molar-refractivity contribution in [2.24, 2.45) is 0 Å². The van der Waals surface area contributed by atoms with Gasteiger partial charge in [0.25, 0.3) is 0 Å². The molecule has 0 saturated carbocycles. The van der Waals surface area contributed by atoms with Gasteiger partial charge in [-0.15, -0.1) is 0 Å². The van der Waals surface area contributed by atoms with Crippen LogP contribution in [0.1, 0.15) is 16.1 Å². The minimum atomic E-state index is -0.476. The van der Waals surface area contributed by atoms with Crippen LogP contribution in [-0.2, 0) is 9.53 Å². The normalized spacial score (nSPS) is 10.1. The SMILES string of the molecule is COC(=O)c1ccc(C=CC=O)cn1. The Morgan fingerprint density at radius 2 is 2.29 bits per heavy atom. The van der Waals surface area contributed by atoms with E-state index in [4.69, 9.17) is 0 Å². The lowest BCUT2D eigenvalue weighted by Gasteiger charge is -1.97. The molecule has 0 saturated heterocycles. The summed E-state index contributed by atoms with van der Waals surface area (Å²) < 4.78 is 4.48.